The fraction of sp³-hybridized carbons (Fsp3) is 0.0714. The lowest BCUT2D eigenvalue weighted by Gasteiger charge is -2.03. The first-order valence-corrected chi connectivity index (χ1v) is 5.77. The minimum Gasteiger partial charge on any atom is -0.497 e. The highest BCUT2D eigenvalue weighted by Gasteiger charge is 2.07. The number of hydrogen-bond acceptors (Lipinski definition) is 4. The smallest absolute Gasteiger partial charge is 0.142 e. The average molecular weight is 253 g/mol. The Hall–Kier alpha value is -2.69. The number of hydrogen-bond donors (Lipinski definition) is 0. The highest BCUT2D eigenvalue weighted by molar-refractivity contribution is 5.86. The molecule has 0 bridgehead atoms. The molecule has 3 aromatic rings. The Morgan fingerprint density at radius 1 is 1.21 bits per heavy atom. The predicted octanol–water partition coefficient (Wildman–Crippen LogP) is 2.10. The third-order valence-electron chi connectivity index (χ3n) is 2.95. The number of allylic oxidation sites excluding steroid dienone is 1. The monoisotopic (exact) mass is 253 g/mol. The Morgan fingerprint density at radius 2 is 2.05 bits per heavy atom. The molecule has 2 aromatic heterocycles. The maximum absolute atomic E-state index is 10.4. The van der Waals surface area contributed by atoms with Gasteiger partial charge >= 0.3 is 0 Å². The second kappa shape index (κ2) is 4.53. The van der Waals surface area contributed by atoms with Crippen LogP contribution in [0.1, 0.15) is 5.69 Å². The quantitative estimate of drug-likeness (QED) is 0.530. The van der Waals surface area contributed by atoms with E-state index in [-0.39, 0.29) is 0 Å². The van der Waals surface area contributed by atoms with Crippen LogP contribution in [-0.4, -0.2) is 28.2 Å². The van der Waals surface area contributed by atoms with E-state index in [2.05, 4.69) is 10.3 Å². The molecule has 94 valence electrons. The molecule has 0 amide bonds. The second-order valence-corrected chi connectivity index (χ2v) is 4.03. The fourth-order valence-corrected chi connectivity index (χ4v) is 2.04. The van der Waals surface area contributed by atoms with Crippen LogP contribution >= 0.6 is 0 Å². The Bertz CT molecular complexity index is 790. The summed E-state index contributed by atoms with van der Waals surface area (Å²) in [6.45, 7) is 0. The van der Waals surface area contributed by atoms with E-state index >= 15 is 0 Å². The largest absolute Gasteiger partial charge is 0.497 e. The summed E-state index contributed by atoms with van der Waals surface area (Å²) in [5.41, 5.74) is 2.47. The molecule has 0 atom stereocenters. The number of pyridine rings is 1. The van der Waals surface area contributed by atoms with Gasteiger partial charge in [0.05, 0.1) is 18.1 Å². The highest BCUT2D eigenvalue weighted by atomic mass is 16.5. The van der Waals surface area contributed by atoms with E-state index in [0.717, 1.165) is 28.5 Å². The van der Waals surface area contributed by atoms with Gasteiger partial charge in [0.2, 0.25) is 0 Å². The lowest BCUT2D eigenvalue weighted by Crippen LogP contribution is -1.91. The highest BCUT2D eigenvalue weighted by Crippen LogP contribution is 2.22. The van der Waals surface area contributed by atoms with Crippen LogP contribution in [0.3, 0.4) is 0 Å². The molecular weight excluding hydrogens is 242 g/mol. The molecule has 0 fully saturated rings. The number of carbonyl (C=O) groups excluding carboxylic acids is 1. The van der Waals surface area contributed by atoms with E-state index in [1.54, 1.807) is 17.7 Å². The van der Waals surface area contributed by atoms with Crippen LogP contribution in [-0.2, 0) is 4.79 Å². The standard InChI is InChI=1S/C14H11N3O2/c1-19-11-5-7-13-10(9-11)4-6-14-12(3-2-8-18)15-16-17(13)14/h2-9H,1H3/b3-2+. The van der Waals surface area contributed by atoms with Crippen LogP contribution in [0.4, 0.5) is 0 Å². The van der Waals surface area contributed by atoms with Gasteiger partial charge in [0.15, 0.2) is 0 Å². The Morgan fingerprint density at radius 3 is 2.84 bits per heavy atom. The summed E-state index contributed by atoms with van der Waals surface area (Å²) < 4.78 is 6.95. The zero-order valence-electron chi connectivity index (χ0n) is 10.3. The average Bonchev–Trinajstić information content (AvgIpc) is 2.87. The van der Waals surface area contributed by atoms with Crippen LogP contribution in [0.2, 0.25) is 0 Å². The maximum atomic E-state index is 10.4. The van der Waals surface area contributed by atoms with Gasteiger partial charge in [-0.05, 0) is 36.4 Å². The second-order valence-electron chi connectivity index (χ2n) is 4.03. The molecule has 0 unspecified atom stereocenters. The van der Waals surface area contributed by atoms with E-state index in [9.17, 15) is 4.79 Å². The Kier molecular flexibility index (Phi) is 2.72. The van der Waals surface area contributed by atoms with Crippen molar-refractivity contribution in [1.29, 1.82) is 0 Å². The minimum absolute atomic E-state index is 0.671. The molecule has 0 aliphatic carbocycles. The van der Waals surface area contributed by atoms with Crippen molar-refractivity contribution < 1.29 is 9.53 Å². The molecule has 0 saturated heterocycles. The van der Waals surface area contributed by atoms with E-state index in [0.29, 0.717) is 5.69 Å². The van der Waals surface area contributed by atoms with Gasteiger partial charge in [-0.1, -0.05) is 11.3 Å². The van der Waals surface area contributed by atoms with Gasteiger partial charge in [0, 0.05) is 5.39 Å². The van der Waals surface area contributed by atoms with Crippen LogP contribution < -0.4 is 4.74 Å². The normalized spacial score (nSPS) is 11.4. The molecule has 0 saturated carbocycles. The molecule has 3 rings (SSSR count). The Balaban J connectivity index is 2.27. The van der Waals surface area contributed by atoms with Gasteiger partial charge in [0.25, 0.3) is 0 Å². The molecule has 0 aliphatic heterocycles. The van der Waals surface area contributed by atoms with Gasteiger partial charge in [-0.25, -0.2) is 4.52 Å². The number of aromatic nitrogens is 3. The van der Waals surface area contributed by atoms with Gasteiger partial charge in [-0.2, -0.15) is 0 Å². The summed E-state index contributed by atoms with van der Waals surface area (Å²) in [6, 6.07) is 9.66. The zero-order chi connectivity index (χ0) is 13.2. The summed E-state index contributed by atoms with van der Waals surface area (Å²) in [4.78, 5) is 10.4. The molecule has 19 heavy (non-hydrogen) atoms. The first kappa shape index (κ1) is 11.4. The topological polar surface area (TPSA) is 56.5 Å². The summed E-state index contributed by atoms with van der Waals surface area (Å²) in [7, 11) is 1.64. The lowest BCUT2D eigenvalue weighted by atomic mass is 10.2. The van der Waals surface area contributed by atoms with Crippen LogP contribution in [0.15, 0.2) is 36.4 Å². The molecule has 2 heterocycles. The van der Waals surface area contributed by atoms with Crippen molar-refractivity contribution >= 4 is 28.8 Å². The van der Waals surface area contributed by atoms with Crippen molar-refractivity contribution in [2.75, 3.05) is 7.11 Å². The molecule has 0 radical (unpaired) electrons. The van der Waals surface area contributed by atoms with Crippen molar-refractivity contribution in [1.82, 2.24) is 14.8 Å². The molecule has 5 nitrogen and oxygen atoms in total. The summed E-state index contributed by atoms with van der Waals surface area (Å²) in [5, 5.41) is 9.19. The van der Waals surface area contributed by atoms with Crippen LogP contribution in [0.5, 0.6) is 5.75 Å². The number of methoxy groups -OCH3 is 1. The number of benzene rings is 1. The van der Waals surface area contributed by atoms with Crippen molar-refractivity contribution in [3.8, 4) is 5.75 Å². The number of aldehydes is 1. The third-order valence-corrected chi connectivity index (χ3v) is 2.95. The predicted molar refractivity (Wildman–Crippen MR) is 72.1 cm³/mol. The minimum atomic E-state index is 0.671. The molecule has 0 N–H and O–H groups in total. The van der Waals surface area contributed by atoms with Crippen LogP contribution in [0, 0.1) is 0 Å². The first-order chi connectivity index (χ1) is 9.33. The lowest BCUT2D eigenvalue weighted by molar-refractivity contribution is -0.104. The van der Waals surface area contributed by atoms with E-state index in [4.69, 9.17) is 4.74 Å². The molecule has 5 heteroatoms. The molecule has 1 aromatic carbocycles. The number of nitrogens with zero attached hydrogens (tertiary/aromatic N) is 3. The van der Waals surface area contributed by atoms with Crippen molar-refractivity contribution in [3.05, 3.63) is 42.1 Å². The third kappa shape index (κ3) is 1.85. The van der Waals surface area contributed by atoms with Gasteiger partial charge in [0.1, 0.15) is 17.7 Å². The Labute approximate surface area is 109 Å². The number of ether oxygens (including phenoxy) is 1. The van der Waals surface area contributed by atoms with Crippen molar-refractivity contribution in [2.45, 2.75) is 0 Å². The molecule has 0 spiro atoms. The van der Waals surface area contributed by atoms with E-state index in [1.807, 2.05) is 30.3 Å². The SMILES string of the molecule is COc1ccc2c(ccc3c(/C=C/C=O)nnn32)c1. The van der Waals surface area contributed by atoms with Crippen molar-refractivity contribution in [3.63, 3.8) is 0 Å². The van der Waals surface area contributed by atoms with E-state index < -0.39 is 0 Å². The maximum Gasteiger partial charge on any atom is 0.142 e. The van der Waals surface area contributed by atoms with Gasteiger partial charge in [-0.3, -0.25) is 4.79 Å². The van der Waals surface area contributed by atoms with Gasteiger partial charge < -0.3 is 4.74 Å². The van der Waals surface area contributed by atoms with Crippen LogP contribution in [0.25, 0.3) is 22.5 Å². The summed E-state index contributed by atoms with van der Waals surface area (Å²) in [6.07, 6.45) is 3.77. The van der Waals surface area contributed by atoms with Crippen molar-refractivity contribution in [2.24, 2.45) is 0 Å². The number of rotatable bonds is 3. The van der Waals surface area contributed by atoms with E-state index in [1.165, 1.54) is 6.08 Å². The first-order valence-electron chi connectivity index (χ1n) is 5.77. The summed E-state index contributed by atoms with van der Waals surface area (Å²) >= 11 is 0. The fourth-order valence-electron chi connectivity index (χ4n) is 2.04. The zero-order valence-corrected chi connectivity index (χ0v) is 10.3. The molecular formula is C14H11N3O2. The molecule has 0 aliphatic rings. The number of carbonyl (C=O) groups is 1. The number of fused-ring (bicyclic) bond motifs is 3. The van der Waals surface area contributed by atoms with Gasteiger partial charge in [-0.15, -0.1) is 5.10 Å². The summed E-state index contributed by atoms with van der Waals surface area (Å²) in [5.74, 6) is 0.799.